The maximum Gasteiger partial charge on any atom is 0.260 e. The summed E-state index contributed by atoms with van der Waals surface area (Å²) in [7, 11) is 0. The lowest BCUT2D eigenvalue weighted by atomic mass is 10.1. The Morgan fingerprint density at radius 2 is 1.91 bits per heavy atom. The summed E-state index contributed by atoms with van der Waals surface area (Å²) in [6.07, 6.45) is -0.0777. The van der Waals surface area contributed by atoms with Crippen LogP contribution in [0.1, 0.15) is 35.6 Å². The molecule has 4 rings (SSSR count). The van der Waals surface area contributed by atoms with Gasteiger partial charge in [-0.2, -0.15) is 5.21 Å². The number of amides is 1. The quantitative estimate of drug-likeness (QED) is 0.474. The van der Waals surface area contributed by atoms with Crippen LogP contribution in [0.2, 0.25) is 5.02 Å². The lowest BCUT2D eigenvalue weighted by Gasteiger charge is -2.44. The minimum Gasteiger partial charge on any atom is -0.483 e. The Balaban J connectivity index is 1.37. The van der Waals surface area contributed by atoms with E-state index in [2.05, 4.69) is 32.4 Å². The third-order valence-corrected chi connectivity index (χ3v) is 6.27. The van der Waals surface area contributed by atoms with E-state index < -0.39 is 0 Å². The maximum atomic E-state index is 13.2. The fourth-order valence-corrected chi connectivity index (χ4v) is 4.33. The number of nitrogens with one attached hydrogen (secondary N) is 1. The Hall–Kier alpha value is -3.37. The molecule has 1 aromatic heterocycles. The second-order valence-corrected chi connectivity index (χ2v) is 9.09. The summed E-state index contributed by atoms with van der Waals surface area (Å²) in [5, 5.41) is 13.7. The predicted molar refractivity (Wildman–Crippen MR) is 127 cm³/mol. The van der Waals surface area contributed by atoms with Crippen LogP contribution in [0.4, 0.5) is 4.39 Å². The van der Waals surface area contributed by atoms with Crippen LogP contribution in [0, 0.1) is 5.82 Å². The molecule has 2 heterocycles. The van der Waals surface area contributed by atoms with E-state index in [0.29, 0.717) is 24.7 Å². The summed E-state index contributed by atoms with van der Waals surface area (Å²) in [6.45, 7) is 5.74. The first kappa shape index (κ1) is 24.7. The number of Topliss-reactive ketones (excluding diaryl/α,β-unsaturated/α-hetero) is 1. The van der Waals surface area contributed by atoms with Gasteiger partial charge in [-0.25, -0.2) is 4.39 Å². The monoisotopic (exact) mass is 500 g/mol. The lowest BCUT2D eigenvalue weighted by Crippen LogP contribution is -2.58. The first-order valence-electron chi connectivity index (χ1n) is 11.3. The number of halogens is 2. The van der Waals surface area contributed by atoms with Gasteiger partial charge in [0.1, 0.15) is 11.6 Å². The van der Waals surface area contributed by atoms with Gasteiger partial charge < -0.3 is 9.64 Å². The van der Waals surface area contributed by atoms with Gasteiger partial charge in [-0.15, -0.1) is 10.2 Å². The predicted octanol–water partition coefficient (Wildman–Crippen LogP) is 2.92. The number of carbonyl (C=O) groups is 2. The number of nitrogens with zero attached hydrogens (tertiary/aromatic N) is 5. The van der Waals surface area contributed by atoms with E-state index >= 15 is 0 Å². The van der Waals surface area contributed by atoms with Gasteiger partial charge in [-0.05, 0) is 49.7 Å². The summed E-state index contributed by atoms with van der Waals surface area (Å²) >= 11 is 6.09. The first-order valence-corrected chi connectivity index (χ1v) is 11.6. The Morgan fingerprint density at radius 1 is 1.14 bits per heavy atom. The number of carbonyl (C=O) groups excluding carboxylic acids is 2. The molecule has 2 aromatic carbocycles. The number of aromatic amines is 1. The van der Waals surface area contributed by atoms with Crippen LogP contribution in [-0.2, 0) is 17.8 Å². The van der Waals surface area contributed by atoms with E-state index in [1.807, 2.05) is 6.92 Å². The molecule has 0 spiro atoms. The molecule has 3 aromatic rings. The number of tetrazole rings is 1. The minimum absolute atomic E-state index is 0.0349. The largest absolute Gasteiger partial charge is 0.483 e. The zero-order valence-electron chi connectivity index (χ0n) is 19.4. The minimum atomic E-state index is -0.298. The number of benzene rings is 2. The van der Waals surface area contributed by atoms with Gasteiger partial charge in [-0.1, -0.05) is 28.9 Å². The van der Waals surface area contributed by atoms with Gasteiger partial charge >= 0.3 is 0 Å². The Labute approximate surface area is 207 Å². The number of aromatic nitrogens is 4. The highest BCUT2D eigenvalue weighted by atomic mass is 35.5. The van der Waals surface area contributed by atoms with Gasteiger partial charge in [0.15, 0.2) is 18.2 Å². The Bertz CT molecular complexity index is 1170. The highest BCUT2D eigenvalue weighted by molar-refractivity contribution is 6.31. The molecule has 1 saturated heterocycles. The third kappa shape index (κ3) is 6.20. The third-order valence-electron chi connectivity index (χ3n) is 6.04. The van der Waals surface area contributed by atoms with Crippen LogP contribution in [0.25, 0.3) is 0 Å². The van der Waals surface area contributed by atoms with Crippen LogP contribution in [-0.4, -0.2) is 73.9 Å². The summed E-state index contributed by atoms with van der Waals surface area (Å²) < 4.78 is 19.0. The molecule has 2 unspecified atom stereocenters. The number of hydrogen-bond donors (Lipinski definition) is 1. The number of rotatable bonds is 8. The van der Waals surface area contributed by atoms with Crippen molar-refractivity contribution in [2.45, 2.75) is 38.9 Å². The molecule has 184 valence electrons. The molecule has 1 N–H and O–H groups in total. The highest BCUT2D eigenvalue weighted by Crippen LogP contribution is 2.25. The number of piperazine rings is 1. The van der Waals surface area contributed by atoms with Gasteiger partial charge in [0, 0.05) is 36.7 Å². The maximum absolute atomic E-state index is 13.2. The molecule has 0 bridgehead atoms. The van der Waals surface area contributed by atoms with Gasteiger partial charge in [-0.3, -0.25) is 14.5 Å². The van der Waals surface area contributed by atoms with Crippen molar-refractivity contribution in [1.82, 2.24) is 30.4 Å². The average Bonchev–Trinajstić information content (AvgIpc) is 3.34. The molecule has 35 heavy (non-hydrogen) atoms. The van der Waals surface area contributed by atoms with Crippen LogP contribution in [0.5, 0.6) is 5.75 Å². The van der Waals surface area contributed by atoms with Crippen molar-refractivity contribution in [2.75, 3.05) is 19.7 Å². The van der Waals surface area contributed by atoms with Crippen LogP contribution >= 0.6 is 11.6 Å². The van der Waals surface area contributed by atoms with Crippen molar-refractivity contribution < 1.29 is 18.7 Å². The molecule has 1 fully saturated rings. The Kier molecular flexibility index (Phi) is 7.72. The SMILES string of the molecule is CC1CN(C(=O)COc2ccc(Cl)cc2C(=O)Cc2nn[nH]n2)C(C)CN1Cc1ccc(F)cc1. The molecular formula is C24H26ClFN6O3. The Morgan fingerprint density at radius 3 is 2.63 bits per heavy atom. The van der Waals surface area contributed by atoms with Crippen LogP contribution in [0.3, 0.4) is 0 Å². The van der Waals surface area contributed by atoms with Gasteiger partial charge in [0.05, 0.1) is 12.0 Å². The molecule has 1 aliphatic rings. The van der Waals surface area contributed by atoms with Crippen molar-refractivity contribution in [2.24, 2.45) is 0 Å². The smallest absolute Gasteiger partial charge is 0.260 e. The number of H-pyrrole nitrogens is 1. The van der Waals surface area contributed by atoms with Crippen LogP contribution < -0.4 is 4.74 Å². The molecular weight excluding hydrogens is 475 g/mol. The van der Waals surface area contributed by atoms with Gasteiger partial charge in [0.2, 0.25) is 0 Å². The first-order chi connectivity index (χ1) is 16.8. The van der Waals surface area contributed by atoms with Crippen molar-refractivity contribution in [1.29, 1.82) is 0 Å². The van der Waals surface area contributed by atoms with E-state index in [0.717, 1.165) is 5.56 Å². The molecule has 0 aliphatic carbocycles. The van der Waals surface area contributed by atoms with Crippen LogP contribution in [0.15, 0.2) is 42.5 Å². The molecule has 0 radical (unpaired) electrons. The zero-order valence-corrected chi connectivity index (χ0v) is 20.2. The van der Waals surface area contributed by atoms with E-state index in [1.54, 1.807) is 29.2 Å². The fraction of sp³-hybridized carbons (Fsp3) is 0.375. The molecule has 0 saturated carbocycles. The topological polar surface area (TPSA) is 104 Å². The standard InChI is InChI=1S/C24H26ClFN6O3/c1-15-12-32(16(2)11-31(15)13-17-3-6-19(26)7-4-17)24(34)14-35-22-8-5-18(25)9-20(22)21(33)10-23-27-29-30-28-23/h3-9,15-16H,10-14H2,1-2H3,(H,27,28,29,30). The average molecular weight is 501 g/mol. The second-order valence-electron chi connectivity index (χ2n) is 8.66. The van der Waals surface area contributed by atoms with Crippen molar-refractivity contribution in [3.63, 3.8) is 0 Å². The van der Waals surface area contributed by atoms with Crippen molar-refractivity contribution >= 4 is 23.3 Å². The number of ether oxygens (including phenoxy) is 1. The second kappa shape index (κ2) is 10.9. The zero-order chi connectivity index (χ0) is 24.9. The molecule has 1 aliphatic heterocycles. The number of hydrogen-bond acceptors (Lipinski definition) is 7. The molecule has 9 nitrogen and oxygen atoms in total. The van der Waals surface area contributed by atoms with E-state index in [4.69, 9.17) is 16.3 Å². The summed E-state index contributed by atoms with van der Waals surface area (Å²) in [5.41, 5.74) is 1.27. The molecule has 11 heteroatoms. The van der Waals surface area contributed by atoms with E-state index in [-0.39, 0.29) is 59.8 Å². The van der Waals surface area contributed by atoms with E-state index in [9.17, 15) is 14.0 Å². The molecule has 2 atom stereocenters. The summed E-state index contributed by atoms with van der Waals surface area (Å²) in [5.74, 6) is -0.207. The highest BCUT2D eigenvalue weighted by Gasteiger charge is 2.32. The van der Waals surface area contributed by atoms with Crippen molar-refractivity contribution in [3.05, 3.63) is 70.3 Å². The van der Waals surface area contributed by atoms with E-state index in [1.165, 1.54) is 18.2 Å². The lowest BCUT2D eigenvalue weighted by molar-refractivity contribution is -0.139. The molecule has 1 amide bonds. The number of ketones is 1. The summed E-state index contributed by atoms with van der Waals surface area (Å²) in [6, 6.07) is 11.2. The normalized spacial score (nSPS) is 18.5. The fourth-order valence-electron chi connectivity index (χ4n) is 4.15. The van der Waals surface area contributed by atoms with Crippen molar-refractivity contribution in [3.8, 4) is 5.75 Å². The van der Waals surface area contributed by atoms with Gasteiger partial charge in [0.25, 0.3) is 5.91 Å². The summed E-state index contributed by atoms with van der Waals surface area (Å²) in [4.78, 5) is 29.8.